The van der Waals surface area contributed by atoms with Crippen molar-refractivity contribution in [2.45, 2.75) is 92.9 Å². The quantitative estimate of drug-likeness (QED) is 0.363. The van der Waals surface area contributed by atoms with Crippen molar-refractivity contribution < 1.29 is 9.63 Å². The predicted octanol–water partition coefficient (Wildman–Crippen LogP) is 3.87. The Labute approximate surface area is 151 Å². The van der Waals surface area contributed by atoms with Gasteiger partial charge in [0.25, 0.3) is 0 Å². The molecule has 0 atom stereocenters. The molecule has 0 saturated carbocycles. The molecule has 0 radical (unpaired) electrons. The molecule has 24 heavy (non-hydrogen) atoms. The van der Waals surface area contributed by atoms with E-state index < -0.39 is 18.4 Å². The second kappa shape index (κ2) is 11.1. The van der Waals surface area contributed by atoms with Crippen LogP contribution in [0.2, 0.25) is 13.3 Å². The zero-order valence-electron chi connectivity index (χ0n) is 16.2. The molecule has 0 spiro atoms. The van der Waals surface area contributed by atoms with Crippen LogP contribution in [0.1, 0.15) is 78.8 Å². The Morgan fingerprint density at radius 3 is 1.88 bits per heavy atom. The van der Waals surface area contributed by atoms with Crippen LogP contribution < -0.4 is 8.55 Å². The molecule has 1 aromatic heterocycles. The summed E-state index contributed by atoms with van der Waals surface area (Å²) >= 11 is -2.63. The van der Waals surface area contributed by atoms with Crippen LogP contribution in [-0.4, -0.2) is 39.5 Å². The Bertz CT molecular complexity index is 481. The SMILES string of the molecule is CCC[CH2][Sn]([CH2]CCC)([CH2]CCC)[c]1nnn(OC(C)=O)c1CC. The third-order valence-electron chi connectivity index (χ3n) is 4.81. The molecule has 1 rings (SSSR count). The third-order valence-corrected chi connectivity index (χ3v) is 20.0. The van der Waals surface area contributed by atoms with Gasteiger partial charge in [-0.15, -0.1) is 0 Å². The van der Waals surface area contributed by atoms with Crippen molar-refractivity contribution in [1.82, 2.24) is 15.2 Å². The Morgan fingerprint density at radius 1 is 1.00 bits per heavy atom. The number of nitrogens with zero attached hydrogens (tertiary/aromatic N) is 3. The molecule has 0 saturated heterocycles. The van der Waals surface area contributed by atoms with Gasteiger partial charge >= 0.3 is 151 Å². The Kier molecular flexibility index (Phi) is 9.93. The van der Waals surface area contributed by atoms with Gasteiger partial charge in [0.2, 0.25) is 0 Å². The van der Waals surface area contributed by atoms with Crippen LogP contribution in [0.4, 0.5) is 0 Å². The molecule has 0 fully saturated rings. The summed E-state index contributed by atoms with van der Waals surface area (Å²) in [5, 5.41) is 8.79. The molecule has 0 aliphatic rings. The summed E-state index contributed by atoms with van der Waals surface area (Å²) in [6.45, 7) is 10.3. The second-order valence-electron chi connectivity index (χ2n) is 6.79. The van der Waals surface area contributed by atoms with Gasteiger partial charge in [0, 0.05) is 0 Å². The van der Waals surface area contributed by atoms with E-state index in [1.54, 1.807) is 0 Å². The number of carbonyl (C=O) groups is 1. The maximum atomic E-state index is 11.4. The summed E-state index contributed by atoms with van der Waals surface area (Å²) in [7, 11) is 0. The summed E-state index contributed by atoms with van der Waals surface area (Å²) in [5.74, 6) is -0.336. The zero-order chi connectivity index (χ0) is 18.0. The van der Waals surface area contributed by atoms with Crippen LogP contribution in [0, 0.1) is 0 Å². The van der Waals surface area contributed by atoms with Crippen molar-refractivity contribution in [2.75, 3.05) is 0 Å². The monoisotopic (exact) mass is 445 g/mol. The van der Waals surface area contributed by atoms with Gasteiger partial charge in [-0.05, 0) is 0 Å². The number of unbranched alkanes of at least 4 members (excludes halogenated alkanes) is 3. The maximum absolute atomic E-state index is 11.4. The number of aromatic nitrogens is 3. The second-order valence-corrected chi connectivity index (χ2v) is 19.7. The van der Waals surface area contributed by atoms with E-state index in [0.29, 0.717) is 0 Å². The summed E-state index contributed by atoms with van der Waals surface area (Å²) in [6, 6.07) is 0. The van der Waals surface area contributed by atoms with Gasteiger partial charge in [-0.3, -0.25) is 0 Å². The van der Waals surface area contributed by atoms with E-state index >= 15 is 0 Å². The summed E-state index contributed by atoms with van der Waals surface area (Å²) in [6.07, 6.45) is 8.37. The Hall–Kier alpha value is -0.591. The van der Waals surface area contributed by atoms with Crippen molar-refractivity contribution >= 4 is 28.1 Å². The van der Waals surface area contributed by atoms with E-state index in [1.165, 1.54) is 67.3 Å². The fourth-order valence-corrected chi connectivity index (χ4v) is 19.7. The Balaban J connectivity index is 3.28. The van der Waals surface area contributed by atoms with E-state index in [2.05, 4.69) is 38.0 Å². The molecule has 6 heteroatoms. The van der Waals surface area contributed by atoms with Gasteiger partial charge in [-0.2, -0.15) is 0 Å². The van der Waals surface area contributed by atoms with Gasteiger partial charge in [0.1, 0.15) is 0 Å². The summed E-state index contributed by atoms with van der Waals surface area (Å²) in [4.78, 5) is 18.0. The van der Waals surface area contributed by atoms with Crippen LogP contribution in [0.25, 0.3) is 0 Å². The molecule has 1 aromatic rings. The predicted molar refractivity (Wildman–Crippen MR) is 101 cm³/mol. The standard InChI is InChI=1S/C6H8N3O2.3C4H9.Sn/c1-3-6-4-7-8-9(6)11-5(2)10;3*1-3-4-2;/h3H2,1-2H3;3*1,3-4H2,2H3;. The molecule has 0 aliphatic carbocycles. The molecule has 138 valence electrons. The molecule has 0 N–H and O–H groups in total. The van der Waals surface area contributed by atoms with Gasteiger partial charge in [0.05, 0.1) is 0 Å². The average molecular weight is 444 g/mol. The minimum atomic E-state index is -2.63. The van der Waals surface area contributed by atoms with Crippen LogP contribution >= 0.6 is 0 Å². The molecule has 0 bridgehead atoms. The van der Waals surface area contributed by atoms with E-state index in [4.69, 9.17) is 4.84 Å². The number of hydrogen-bond donors (Lipinski definition) is 0. The van der Waals surface area contributed by atoms with Crippen molar-refractivity contribution in [3.63, 3.8) is 0 Å². The topological polar surface area (TPSA) is 57.0 Å². The molecule has 0 unspecified atom stereocenters. The van der Waals surface area contributed by atoms with Gasteiger partial charge in [-0.25, -0.2) is 0 Å². The first kappa shape index (κ1) is 21.5. The normalized spacial score (nSPS) is 11.7. The first-order chi connectivity index (χ1) is 11.5. The molecule has 0 amide bonds. The van der Waals surface area contributed by atoms with Crippen LogP contribution in [0.5, 0.6) is 0 Å². The zero-order valence-corrected chi connectivity index (χ0v) is 19.1. The molecule has 1 heterocycles. The third kappa shape index (κ3) is 5.74. The number of carbonyl (C=O) groups excluding carboxylic acids is 1. The summed E-state index contributed by atoms with van der Waals surface area (Å²) < 4.78 is 5.30. The number of rotatable bonds is 12. The van der Waals surface area contributed by atoms with Crippen LogP contribution in [-0.2, 0) is 11.2 Å². The minimum absolute atomic E-state index is 0.336. The van der Waals surface area contributed by atoms with Crippen molar-refractivity contribution in [3.05, 3.63) is 5.69 Å². The number of hydrogen-bond acceptors (Lipinski definition) is 4. The molecule has 5 nitrogen and oxygen atoms in total. The molecular weight excluding hydrogens is 409 g/mol. The Morgan fingerprint density at radius 2 is 1.50 bits per heavy atom. The average Bonchev–Trinajstić information content (AvgIpc) is 2.97. The first-order valence-corrected chi connectivity index (χ1v) is 17.2. The van der Waals surface area contributed by atoms with E-state index in [1.807, 2.05) is 0 Å². The van der Waals surface area contributed by atoms with Gasteiger partial charge in [-0.1, -0.05) is 0 Å². The van der Waals surface area contributed by atoms with Crippen LogP contribution in [0.3, 0.4) is 0 Å². The van der Waals surface area contributed by atoms with E-state index in [0.717, 1.165) is 12.1 Å². The molecular formula is C18H35N3O2Sn. The van der Waals surface area contributed by atoms with Gasteiger partial charge < -0.3 is 0 Å². The molecule has 0 aliphatic heterocycles. The first-order valence-electron chi connectivity index (χ1n) is 9.68. The fourth-order valence-electron chi connectivity index (χ4n) is 3.47. The summed E-state index contributed by atoms with van der Waals surface area (Å²) in [5.41, 5.74) is 1.05. The van der Waals surface area contributed by atoms with E-state index in [9.17, 15) is 4.79 Å². The van der Waals surface area contributed by atoms with Crippen molar-refractivity contribution in [2.24, 2.45) is 0 Å². The van der Waals surface area contributed by atoms with E-state index in [-0.39, 0.29) is 5.97 Å². The van der Waals surface area contributed by atoms with Crippen molar-refractivity contribution in [1.29, 1.82) is 0 Å². The molecule has 0 aromatic carbocycles. The van der Waals surface area contributed by atoms with Gasteiger partial charge in [0.15, 0.2) is 0 Å². The van der Waals surface area contributed by atoms with Crippen LogP contribution in [0.15, 0.2) is 0 Å². The fraction of sp³-hybridized carbons (Fsp3) is 0.833. The van der Waals surface area contributed by atoms with Crippen molar-refractivity contribution in [3.8, 4) is 0 Å².